The van der Waals surface area contributed by atoms with Crippen molar-refractivity contribution in [3.05, 3.63) is 22.6 Å². The zero-order valence-electron chi connectivity index (χ0n) is 9.10. The highest BCUT2D eigenvalue weighted by atomic mass is 79.9. The molecular weight excluding hydrogens is 310 g/mol. The third-order valence-electron chi connectivity index (χ3n) is 2.08. The maximum absolute atomic E-state index is 11.7. The molecule has 0 aliphatic heterocycles. The van der Waals surface area contributed by atoms with Gasteiger partial charge in [0, 0.05) is 0 Å². The number of amides is 1. The van der Waals surface area contributed by atoms with E-state index in [4.69, 9.17) is 9.52 Å². The van der Waals surface area contributed by atoms with Gasteiger partial charge in [0.05, 0.1) is 11.8 Å². The quantitative estimate of drug-likeness (QED) is 0.837. The Balaban J connectivity index is 2.64. The maximum Gasteiger partial charge on any atom is 0.326 e. The lowest BCUT2D eigenvalue weighted by Gasteiger charge is -2.13. The molecule has 1 atom stereocenters. The van der Waals surface area contributed by atoms with Crippen molar-refractivity contribution in [2.75, 3.05) is 12.0 Å². The average molecular weight is 322 g/mol. The van der Waals surface area contributed by atoms with Gasteiger partial charge in [0.1, 0.15) is 6.04 Å². The molecule has 1 amide bonds. The van der Waals surface area contributed by atoms with E-state index < -0.39 is 17.9 Å². The molecule has 5 nitrogen and oxygen atoms in total. The van der Waals surface area contributed by atoms with Crippen molar-refractivity contribution in [2.24, 2.45) is 0 Å². The van der Waals surface area contributed by atoms with E-state index in [0.717, 1.165) is 0 Å². The van der Waals surface area contributed by atoms with Crippen molar-refractivity contribution >= 4 is 39.6 Å². The smallest absolute Gasteiger partial charge is 0.326 e. The molecule has 1 aromatic rings. The number of thioether (sulfide) groups is 1. The number of furan rings is 1. The highest BCUT2D eigenvalue weighted by Crippen LogP contribution is 2.17. The minimum absolute atomic E-state index is 0.292. The Bertz CT molecular complexity index is 407. The molecule has 0 radical (unpaired) electrons. The predicted octanol–water partition coefficient (Wildman–Crippen LogP) is 1.98. The molecule has 2 N–H and O–H groups in total. The third-order valence-corrected chi connectivity index (χ3v) is 3.33. The van der Waals surface area contributed by atoms with Crippen LogP contribution in [0.25, 0.3) is 0 Å². The van der Waals surface area contributed by atoms with E-state index in [9.17, 15) is 9.59 Å². The molecule has 94 valence electrons. The van der Waals surface area contributed by atoms with Crippen LogP contribution in [0, 0.1) is 0 Å². The summed E-state index contributed by atoms with van der Waals surface area (Å²) in [7, 11) is 0. The standard InChI is InChI=1S/C10H12BrNO4S/c1-17-5-3-7(10(14)15)12-9(13)6-2-4-16-8(6)11/h2,4,7H,3,5H2,1H3,(H,12,13)(H,14,15). The van der Waals surface area contributed by atoms with Crippen molar-refractivity contribution in [1.29, 1.82) is 0 Å². The fourth-order valence-electron chi connectivity index (χ4n) is 1.18. The Morgan fingerprint density at radius 3 is 2.82 bits per heavy atom. The number of carboxylic acids is 1. The van der Waals surface area contributed by atoms with Crippen LogP contribution in [0.15, 0.2) is 21.4 Å². The molecule has 0 saturated carbocycles. The number of halogens is 1. The molecule has 7 heteroatoms. The number of nitrogens with one attached hydrogen (secondary N) is 1. The van der Waals surface area contributed by atoms with Gasteiger partial charge in [-0.2, -0.15) is 11.8 Å². The zero-order valence-corrected chi connectivity index (χ0v) is 11.5. The Hall–Kier alpha value is -0.950. The zero-order chi connectivity index (χ0) is 12.8. The molecule has 0 spiro atoms. The number of hydrogen-bond donors (Lipinski definition) is 2. The van der Waals surface area contributed by atoms with E-state index in [1.165, 1.54) is 24.1 Å². The SMILES string of the molecule is CSCCC(NC(=O)c1ccoc1Br)C(=O)O. The van der Waals surface area contributed by atoms with Gasteiger partial charge in [-0.3, -0.25) is 4.79 Å². The van der Waals surface area contributed by atoms with Gasteiger partial charge in [-0.25, -0.2) is 4.79 Å². The van der Waals surface area contributed by atoms with Crippen LogP contribution in [0.4, 0.5) is 0 Å². The largest absolute Gasteiger partial charge is 0.480 e. The molecule has 1 unspecified atom stereocenters. The van der Waals surface area contributed by atoms with Crippen LogP contribution >= 0.6 is 27.7 Å². The second-order valence-electron chi connectivity index (χ2n) is 3.25. The predicted molar refractivity (Wildman–Crippen MR) is 68.3 cm³/mol. The van der Waals surface area contributed by atoms with Gasteiger partial charge in [-0.1, -0.05) is 0 Å². The number of rotatable bonds is 6. The first kappa shape index (κ1) is 14.1. The minimum atomic E-state index is -1.04. The number of hydrogen-bond acceptors (Lipinski definition) is 4. The van der Waals surface area contributed by atoms with Crippen LogP contribution in [-0.4, -0.2) is 35.0 Å². The van der Waals surface area contributed by atoms with Gasteiger partial charge >= 0.3 is 5.97 Å². The summed E-state index contributed by atoms with van der Waals surface area (Å²) < 4.78 is 5.21. The van der Waals surface area contributed by atoms with Crippen molar-refractivity contribution in [3.63, 3.8) is 0 Å². The summed E-state index contributed by atoms with van der Waals surface area (Å²) in [6.45, 7) is 0. The molecule has 1 heterocycles. The lowest BCUT2D eigenvalue weighted by Crippen LogP contribution is -2.41. The summed E-state index contributed by atoms with van der Waals surface area (Å²) >= 11 is 4.60. The molecule has 0 aliphatic carbocycles. The summed E-state index contributed by atoms with van der Waals surface area (Å²) in [4.78, 5) is 22.7. The van der Waals surface area contributed by atoms with E-state index in [1.54, 1.807) is 0 Å². The van der Waals surface area contributed by atoms with E-state index >= 15 is 0 Å². The van der Waals surface area contributed by atoms with Gasteiger partial charge in [-0.05, 0) is 40.4 Å². The topological polar surface area (TPSA) is 79.5 Å². The van der Waals surface area contributed by atoms with Crippen LogP contribution in [-0.2, 0) is 4.79 Å². The van der Waals surface area contributed by atoms with Crippen LogP contribution in [0.5, 0.6) is 0 Å². The Morgan fingerprint density at radius 2 is 2.35 bits per heavy atom. The molecule has 0 bridgehead atoms. The van der Waals surface area contributed by atoms with Gasteiger partial charge < -0.3 is 14.8 Å². The average Bonchev–Trinajstić information content (AvgIpc) is 2.70. The molecule has 0 fully saturated rings. The highest BCUT2D eigenvalue weighted by molar-refractivity contribution is 9.10. The van der Waals surface area contributed by atoms with Gasteiger partial charge in [0.15, 0.2) is 4.67 Å². The molecule has 0 aromatic carbocycles. The Labute approximate surface area is 111 Å². The third kappa shape index (κ3) is 4.08. The highest BCUT2D eigenvalue weighted by Gasteiger charge is 2.22. The number of carboxylic acid groups (broad SMARTS) is 1. The number of aliphatic carboxylic acids is 1. The summed E-state index contributed by atoms with van der Waals surface area (Å²) in [5, 5.41) is 11.4. The summed E-state index contributed by atoms with van der Waals surface area (Å²) in [5.74, 6) is -0.824. The van der Waals surface area contributed by atoms with Crippen LogP contribution in [0.3, 0.4) is 0 Å². The fraction of sp³-hybridized carbons (Fsp3) is 0.400. The fourth-order valence-corrected chi connectivity index (χ4v) is 2.08. The van der Waals surface area contributed by atoms with E-state index in [2.05, 4.69) is 21.2 Å². The second-order valence-corrected chi connectivity index (χ2v) is 4.96. The number of carbonyl (C=O) groups is 2. The van der Waals surface area contributed by atoms with Gasteiger partial charge in [0.2, 0.25) is 0 Å². The first-order valence-electron chi connectivity index (χ1n) is 4.82. The monoisotopic (exact) mass is 321 g/mol. The van der Waals surface area contributed by atoms with Crippen LogP contribution in [0.1, 0.15) is 16.8 Å². The van der Waals surface area contributed by atoms with Crippen molar-refractivity contribution in [2.45, 2.75) is 12.5 Å². The Morgan fingerprint density at radius 1 is 1.65 bits per heavy atom. The van der Waals surface area contributed by atoms with Gasteiger partial charge in [0.25, 0.3) is 5.91 Å². The van der Waals surface area contributed by atoms with Crippen LogP contribution in [0.2, 0.25) is 0 Å². The minimum Gasteiger partial charge on any atom is -0.480 e. The van der Waals surface area contributed by atoms with Crippen molar-refractivity contribution in [3.8, 4) is 0 Å². The molecule has 1 rings (SSSR count). The van der Waals surface area contributed by atoms with Crippen LogP contribution < -0.4 is 5.32 Å². The first-order valence-corrected chi connectivity index (χ1v) is 7.00. The Kier molecular flexibility index (Phi) is 5.57. The maximum atomic E-state index is 11.7. The lowest BCUT2D eigenvalue weighted by molar-refractivity contribution is -0.139. The van der Waals surface area contributed by atoms with Crippen molar-refractivity contribution in [1.82, 2.24) is 5.32 Å². The summed E-state index contributed by atoms with van der Waals surface area (Å²) in [6, 6.07) is 0.601. The molecular formula is C10H12BrNO4S. The molecule has 17 heavy (non-hydrogen) atoms. The second kappa shape index (κ2) is 6.70. The van der Waals surface area contributed by atoms with E-state index in [0.29, 0.717) is 22.4 Å². The van der Waals surface area contributed by atoms with Crippen molar-refractivity contribution < 1.29 is 19.1 Å². The summed E-state index contributed by atoms with van der Waals surface area (Å²) in [6.07, 6.45) is 3.63. The molecule has 0 saturated heterocycles. The first-order chi connectivity index (χ1) is 8.06. The van der Waals surface area contributed by atoms with E-state index in [1.807, 2.05) is 6.26 Å². The molecule has 0 aliphatic rings. The lowest BCUT2D eigenvalue weighted by atomic mass is 10.2. The molecule has 1 aromatic heterocycles. The summed E-state index contributed by atoms with van der Waals surface area (Å²) in [5.41, 5.74) is 0.292. The van der Waals surface area contributed by atoms with Gasteiger partial charge in [-0.15, -0.1) is 0 Å². The normalized spacial score (nSPS) is 12.1. The van der Waals surface area contributed by atoms with E-state index in [-0.39, 0.29) is 0 Å². The number of carbonyl (C=O) groups excluding carboxylic acids is 1.